The lowest BCUT2D eigenvalue weighted by Gasteiger charge is -2.15. The highest BCUT2D eigenvalue weighted by molar-refractivity contribution is 5.77. The van der Waals surface area contributed by atoms with E-state index in [0.717, 1.165) is 44.9 Å². The average Bonchev–Trinajstić information content (AvgIpc) is 2.56. The lowest BCUT2D eigenvalue weighted by molar-refractivity contribution is -0.140. The molecule has 0 saturated carbocycles. The highest BCUT2D eigenvalue weighted by atomic mass is 16.6. The molecule has 0 N–H and O–H groups in total. The molecule has 1 aromatic rings. The molecule has 4 heteroatoms. The van der Waals surface area contributed by atoms with Gasteiger partial charge in [0.05, 0.1) is 5.92 Å². The Morgan fingerprint density at radius 1 is 0.875 bits per heavy atom. The monoisotopic (exact) mass is 334 g/mol. The maximum Gasteiger partial charge on any atom is 0.314 e. The summed E-state index contributed by atoms with van der Waals surface area (Å²) in [5, 5.41) is 0. The second kappa shape index (κ2) is 11.7. The van der Waals surface area contributed by atoms with Gasteiger partial charge in [-0.15, -0.1) is 0 Å². The van der Waals surface area contributed by atoms with Crippen molar-refractivity contribution in [2.75, 3.05) is 0 Å². The Labute approximate surface area is 145 Å². The number of ether oxygens (including phenoxy) is 2. The summed E-state index contributed by atoms with van der Waals surface area (Å²) in [7, 11) is 0. The van der Waals surface area contributed by atoms with Gasteiger partial charge >= 0.3 is 11.9 Å². The minimum absolute atomic E-state index is 0.103. The van der Waals surface area contributed by atoms with Crippen molar-refractivity contribution in [2.45, 2.75) is 72.1 Å². The lowest BCUT2D eigenvalue weighted by atomic mass is 9.99. The van der Waals surface area contributed by atoms with E-state index in [1.54, 1.807) is 24.3 Å². The second-order valence-corrected chi connectivity index (χ2v) is 6.07. The molecule has 0 aliphatic heterocycles. The molecule has 134 valence electrons. The van der Waals surface area contributed by atoms with Crippen LogP contribution >= 0.6 is 0 Å². The van der Waals surface area contributed by atoms with E-state index in [1.165, 1.54) is 0 Å². The third-order valence-corrected chi connectivity index (χ3v) is 3.88. The van der Waals surface area contributed by atoms with Crippen molar-refractivity contribution in [2.24, 2.45) is 5.92 Å². The van der Waals surface area contributed by atoms with Crippen LogP contribution in [0.1, 0.15) is 72.1 Å². The number of carbonyl (C=O) groups excluding carboxylic acids is 2. The van der Waals surface area contributed by atoms with E-state index in [-0.39, 0.29) is 17.9 Å². The molecule has 0 bridgehead atoms. The standard InChI is InChI=1S/C20H30O4/c1-4-7-8-15-19(21)23-17-13-9-10-14-18(17)24-20(22)16(11-5-2)12-6-3/h9-10,13-14,16H,4-8,11-12,15H2,1-3H3. The van der Waals surface area contributed by atoms with Gasteiger partial charge in [0.25, 0.3) is 0 Å². The zero-order chi connectivity index (χ0) is 17.8. The molecule has 1 aromatic carbocycles. The molecule has 1 rings (SSSR count). The summed E-state index contributed by atoms with van der Waals surface area (Å²) in [6, 6.07) is 6.86. The topological polar surface area (TPSA) is 52.6 Å². The maximum absolute atomic E-state index is 12.4. The smallest absolute Gasteiger partial charge is 0.314 e. The molecule has 0 spiro atoms. The Bertz CT molecular complexity index is 504. The van der Waals surface area contributed by atoms with Crippen LogP contribution in [0.4, 0.5) is 0 Å². The molecule has 0 amide bonds. The van der Waals surface area contributed by atoms with Crippen molar-refractivity contribution in [3.8, 4) is 11.5 Å². The molecule has 24 heavy (non-hydrogen) atoms. The predicted octanol–water partition coefficient (Wildman–Crippen LogP) is 5.29. The van der Waals surface area contributed by atoms with Crippen LogP contribution in [0.5, 0.6) is 11.5 Å². The van der Waals surface area contributed by atoms with Crippen LogP contribution < -0.4 is 9.47 Å². The number of hydrogen-bond acceptors (Lipinski definition) is 4. The fourth-order valence-electron chi connectivity index (χ4n) is 2.58. The fraction of sp³-hybridized carbons (Fsp3) is 0.600. The molecule has 0 unspecified atom stereocenters. The van der Waals surface area contributed by atoms with Gasteiger partial charge in [-0.3, -0.25) is 9.59 Å². The van der Waals surface area contributed by atoms with E-state index in [9.17, 15) is 9.59 Å². The third-order valence-electron chi connectivity index (χ3n) is 3.88. The first-order valence-corrected chi connectivity index (χ1v) is 9.13. The minimum Gasteiger partial charge on any atom is -0.423 e. The number of esters is 2. The summed E-state index contributed by atoms with van der Waals surface area (Å²) < 4.78 is 10.9. The quantitative estimate of drug-likeness (QED) is 0.313. The zero-order valence-corrected chi connectivity index (χ0v) is 15.2. The van der Waals surface area contributed by atoms with E-state index in [2.05, 4.69) is 20.8 Å². The Hall–Kier alpha value is -1.84. The molecule has 0 aliphatic rings. The molecule has 0 aromatic heterocycles. The van der Waals surface area contributed by atoms with E-state index < -0.39 is 0 Å². The van der Waals surface area contributed by atoms with Gasteiger partial charge in [-0.05, 0) is 31.4 Å². The van der Waals surface area contributed by atoms with Gasteiger partial charge in [-0.2, -0.15) is 0 Å². The number of rotatable bonds is 11. The molecule has 0 radical (unpaired) electrons. The van der Waals surface area contributed by atoms with Gasteiger partial charge < -0.3 is 9.47 Å². The maximum atomic E-state index is 12.4. The Morgan fingerprint density at radius 2 is 1.46 bits per heavy atom. The SMILES string of the molecule is CCCCCC(=O)Oc1ccccc1OC(=O)C(CCC)CCC. The molecular formula is C20H30O4. The minimum atomic E-state index is -0.286. The fourth-order valence-corrected chi connectivity index (χ4v) is 2.58. The van der Waals surface area contributed by atoms with Crippen LogP contribution in [-0.4, -0.2) is 11.9 Å². The molecule has 4 nitrogen and oxygen atoms in total. The first-order valence-electron chi connectivity index (χ1n) is 9.13. The summed E-state index contributed by atoms with van der Waals surface area (Å²) in [5.41, 5.74) is 0. The Balaban J connectivity index is 2.71. The number of unbranched alkanes of at least 4 members (excludes halogenated alkanes) is 2. The summed E-state index contributed by atoms with van der Waals surface area (Å²) in [5.74, 6) is 0.00903. The van der Waals surface area contributed by atoms with Gasteiger partial charge in [0.1, 0.15) is 0 Å². The van der Waals surface area contributed by atoms with Gasteiger partial charge in [-0.25, -0.2) is 0 Å². The van der Waals surface area contributed by atoms with Crippen molar-refractivity contribution in [1.82, 2.24) is 0 Å². The molecular weight excluding hydrogens is 304 g/mol. The largest absolute Gasteiger partial charge is 0.423 e. The van der Waals surface area contributed by atoms with Crippen LogP contribution in [-0.2, 0) is 9.59 Å². The van der Waals surface area contributed by atoms with Crippen LogP contribution in [0.15, 0.2) is 24.3 Å². The molecule has 0 atom stereocenters. The molecule has 0 fully saturated rings. The Morgan fingerprint density at radius 3 is 2.00 bits per heavy atom. The van der Waals surface area contributed by atoms with Gasteiger partial charge in [-0.1, -0.05) is 58.6 Å². The van der Waals surface area contributed by atoms with Crippen LogP contribution in [0.3, 0.4) is 0 Å². The van der Waals surface area contributed by atoms with Gasteiger partial charge in [0.15, 0.2) is 11.5 Å². The van der Waals surface area contributed by atoms with Crippen molar-refractivity contribution in [3.05, 3.63) is 24.3 Å². The van der Waals surface area contributed by atoms with Crippen LogP contribution in [0.25, 0.3) is 0 Å². The van der Waals surface area contributed by atoms with Crippen molar-refractivity contribution in [3.63, 3.8) is 0 Å². The summed E-state index contributed by atoms with van der Waals surface area (Å²) in [4.78, 5) is 24.3. The van der Waals surface area contributed by atoms with Crippen LogP contribution in [0.2, 0.25) is 0 Å². The number of carbonyl (C=O) groups is 2. The van der Waals surface area contributed by atoms with Gasteiger partial charge in [0, 0.05) is 6.42 Å². The first kappa shape index (κ1) is 20.2. The lowest BCUT2D eigenvalue weighted by Crippen LogP contribution is -2.21. The summed E-state index contributed by atoms with van der Waals surface area (Å²) in [6.07, 6.45) is 6.74. The molecule has 0 aliphatic carbocycles. The number of para-hydroxylation sites is 2. The van der Waals surface area contributed by atoms with E-state index >= 15 is 0 Å². The van der Waals surface area contributed by atoms with Gasteiger partial charge in [0.2, 0.25) is 0 Å². The van der Waals surface area contributed by atoms with E-state index in [1.807, 2.05) is 0 Å². The number of hydrogen-bond donors (Lipinski definition) is 0. The zero-order valence-electron chi connectivity index (χ0n) is 15.2. The third kappa shape index (κ3) is 7.16. The second-order valence-electron chi connectivity index (χ2n) is 6.07. The summed E-state index contributed by atoms with van der Waals surface area (Å²) >= 11 is 0. The van der Waals surface area contributed by atoms with Crippen LogP contribution in [0, 0.1) is 5.92 Å². The molecule has 0 saturated heterocycles. The van der Waals surface area contributed by atoms with E-state index in [0.29, 0.717) is 17.9 Å². The normalized spacial score (nSPS) is 10.7. The Kier molecular flexibility index (Phi) is 9.81. The highest BCUT2D eigenvalue weighted by Crippen LogP contribution is 2.29. The first-order chi connectivity index (χ1) is 11.6. The average molecular weight is 334 g/mol. The molecule has 0 heterocycles. The predicted molar refractivity (Wildman–Crippen MR) is 95.2 cm³/mol. The van der Waals surface area contributed by atoms with Crippen molar-refractivity contribution >= 4 is 11.9 Å². The highest BCUT2D eigenvalue weighted by Gasteiger charge is 2.21. The van der Waals surface area contributed by atoms with Crippen molar-refractivity contribution < 1.29 is 19.1 Å². The van der Waals surface area contributed by atoms with E-state index in [4.69, 9.17) is 9.47 Å². The summed E-state index contributed by atoms with van der Waals surface area (Å²) in [6.45, 7) is 6.20. The van der Waals surface area contributed by atoms with Crippen molar-refractivity contribution in [1.29, 1.82) is 0 Å². The number of benzene rings is 1.